The second kappa shape index (κ2) is 7.51. The van der Waals surface area contributed by atoms with Crippen molar-refractivity contribution in [2.75, 3.05) is 18.9 Å². The van der Waals surface area contributed by atoms with E-state index in [0.29, 0.717) is 21.9 Å². The molecule has 0 aliphatic heterocycles. The Morgan fingerprint density at radius 2 is 1.92 bits per heavy atom. The van der Waals surface area contributed by atoms with Crippen molar-refractivity contribution in [3.63, 3.8) is 0 Å². The zero-order valence-electron chi connectivity index (χ0n) is 14.2. The fourth-order valence-corrected chi connectivity index (χ4v) is 3.22. The Labute approximate surface area is 164 Å². The number of aryl methyl sites for hydroxylation is 1. The molecular formula is C19H16BrClN2O3. The van der Waals surface area contributed by atoms with Gasteiger partial charge in [-0.2, -0.15) is 0 Å². The lowest BCUT2D eigenvalue weighted by atomic mass is 10.1. The van der Waals surface area contributed by atoms with Crippen molar-refractivity contribution in [2.45, 2.75) is 6.92 Å². The average Bonchev–Trinajstić information content (AvgIpc) is 2.94. The van der Waals surface area contributed by atoms with E-state index in [1.807, 2.05) is 24.3 Å². The zero-order chi connectivity index (χ0) is 18.8. The van der Waals surface area contributed by atoms with Gasteiger partial charge in [0.1, 0.15) is 0 Å². The highest BCUT2D eigenvalue weighted by molar-refractivity contribution is 9.10. The predicted octanol–water partition coefficient (Wildman–Crippen LogP) is 4.87. The van der Waals surface area contributed by atoms with Crippen molar-refractivity contribution in [3.8, 4) is 0 Å². The lowest BCUT2D eigenvalue weighted by Gasteiger charge is -2.16. The van der Waals surface area contributed by atoms with Crippen LogP contribution in [0.5, 0.6) is 0 Å². The molecule has 2 amide bonds. The first-order chi connectivity index (χ1) is 12.4. The number of amides is 2. The summed E-state index contributed by atoms with van der Waals surface area (Å²) in [5, 5.41) is 3.99. The van der Waals surface area contributed by atoms with E-state index in [0.717, 1.165) is 9.86 Å². The maximum absolute atomic E-state index is 12.7. The fourth-order valence-electron chi connectivity index (χ4n) is 2.63. The molecule has 0 fully saturated rings. The number of hydrogen-bond acceptors (Lipinski definition) is 3. The summed E-state index contributed by atoms with van der Waals surface area (Å²) >= 11 is 9.50. The summed E-state index contributed by atoms with van der Waals surface area (Å²) in [6, 6.07) is 12.6. The van der Waals surface area contributed by atoms with E-state index in [9.17, 15) is 9.59 Å². The summed E-state index contributed by atoms with van der Waals surface area (Å²) in [7, 11) is 1.55. The molecule has 0 spiro atoms. The van der Waals surface area contributed by atoms with Gasteiger partial charge in [-0.25, -0.2) is 0 Å². The number of nitrogens with one attached hydrogen (secondary N) is 1. The molecular weight excluding hydrogens is 420 g/mol. The minimum Gasteiger partial charge on any atom is -0.449 e. The first-order valence-corrected chi connectivity index (χ1v) is 9.03. The monoisotopic (exact) mass is 434 g/mol. The Balaban J connectivity index is 1.76. The van der Waals surface area contributed by atoms with Gasteiger partial charge in [-0.3, -0.25) is 9.59 Å². The SMILES string of the molecule is Cc1c(C(=O)N(C)CC(=O)Nc2ccccc2Br)oc2c(Cl)cccc12. The average molecular weight is 436 g/mol. The molecule has 134 valence electrons. The summed E-state index contributed by atoms with van der Waals surface area (Å²) in [4.78, 5) is 26.3. The normalized spacial score (nSPS) is 10.8. The number of benzene rings is 2. The second-order valence-electron chi connectivity index (χ2n) is 5.86. The minimum absolute atomic E-state index is 0.107. The lowest BCUT2D eigenvalue weighted by molar-refractivity contribution is -0.116. The molecule has 1 aromatic heterocycles. The van der Waals surface area contributed by atoms with Crippen LogP contribution in [0.25, 0.3) is 11.0 Å². The van der Waals surface area contributed by atoms with Crippen LogP contribution in [-0.2, 0) is 4.79 Å². The Morgan fingerprint density at radius 1 is 1.19 bits per heavy atom. The van der Waals surface area contributed by atoms with Crippen LogP contribution in [0, 0.1) is 6.92 Å². The number of furan rings is 1. The van der Waals surface area contributed by atoms with E-state index in [2.05, 4.69) is 21.2 Å². The van der Waals surface area contributed by atoms with Crippen LogP contribution in [0.4, 0.5) is 5.69 Å². The molecule has 2 aromatic carbocycles. The van der Waals surface area contributed by atoms with Crippen molar-refractivity contribution in [1.29, 1.82) is 0 Å². The van der Waals surface area contributed by atoms with Gasteiger partial charge in [0.2, 0.25) is 5.91 Å². The van der Waals surface area contributed by atoms with Crippen molar-refractivity contribution < 1.29 is 14.0 Å². The Hall–Kier alpha value is -2.31. The fraction of sp³-hybridized carbons (Fsp3) is 0.158. The molecule has 0 aliphatic carbocycles. The first-order valence-electron chi connectivity index (χ1n) is 7.86. The van der Waals surface area contributed by atoms with E-state index in [4.69, 9.17) is 16.0 Å². The zero-order valence-corrected chi connectivity index (χ0v) is 16.5. The maximum Gasteiger partial charge on any atom is 0.290 e. The van der Waals surface area contributed by atoms with Crippen LogP contribution in [-0.4, -0.2) is 30.3 Å². The molecule has 0 radical (unpaired) electrons. The quantitative estimate of drug-likeness (QED) is 0.636. The number of likely N-dealkylation sites (N-methyl/N-ethyl adjacent to an activating group) is 1. The van der Waals surface area contributed by atoms with Crippen LogP contribution in [0.15, 0.2) is 51.4 Å². The van der Waals surface area contributed by atoms with Crippen molar-refractivity contribution in [2.24, 2.45) is 0 Å². The molecule has 0 aliphatic rings. The number of hydrogen-bond donors (Lipinski definition) is 1. The number of halogens is 2. The molecule has 0 saturated carbocycles. The summed E-state index contributed by atoms with van der Waals surface area (Å²) in [5.41, 5.74) is 1.82. The standard InChI is InChI=1S/C19H16BrClN2O3/c1-11-12-6-5-8-14(21)18(12)26-17(11)19(25)23(2)10-16(24)22-15-9-4-3-7-13(15)20/h3-9H,10H2,1-2H3,(H,22,24). The van der Waals surface area contributed by atoms with Gasteiger partial charge in [0.25, 0.3) is 5.91 Å². The molecule has 0 unspecified atom stereocenters. The third-order valence-corrected chi connectivity index (χ3v) is 4.97. The number of nitrogens with zero attached hydrogens (tertiary/aromatic N) is 1. The van der Waals surface area contributed by atoms with E-state index >= 15 is 0 Å². The summed E-state index contributed by atoms with van der Waals surface area (Å²) in [6.07, 6.45) is 0. The summed E-state index contributed by atoms with van der Waals surface area (Å²) < 4.78 is 6.44. The van der Waals surface area contributed by atoms with E-state index < -0.39 is 0 Å². The molecule has 1 heterocycles. The molecule has 5 nitrogen and oxygen atoms in total. The Bertz CT molecular complexity index is 1000. The van der Waals surface area contributed by atoms with E-state index in [-0.39, 0.29) is 24.1 Å². The highest BCUT2D eigenvalue weighted by Crippen LogP contribution is 2.31. The smallest absolute Gasteiger partial charge is 0.290 e. The van der Waals surface area contributed by atoms with Crippen LogP contribution >= 0.6 is 27.5 Å². The van der Waals surface area contributed by atoms with Gasteiger partial charge in [-0.15, -0.1) is 0 Å². The van der Waals surface area contributed by atoms with Gasteiger partial charge in [-0.1, -0.05) is 35.9 Å². The Kier molecular flexibility index (Phi) is 5.34. The predicted molar refractivity (Wildman–Crippen MR) is 106 cm³/mol. The Morgan fingerprint density at radius 3 is 2.62 bits per heavy atom. The molecule has 26 heavy (non-hydrogen) atoms. The largest absolute Gasteiger partial charge is 0.449 e. The highest BCUT2D eigenvalue weighted by atomic mass is 79.9. The molecule has 1 N–H and O–H groups in total. The third kappa shape index (κ3) is 3.61. The number of anilines is 1. The summed E-state index contributed by atoms with van der Waals surface area (Å²) in [5.74, 6) is -0.499. The number of carbonyl (C=O) groups is 2. The van der Waals surface area contributed by atoms with E-state index in [1.165, 1.54) is 4.90 Å². The molecule has 0 saturated heterocycles. The van der Waals surface area contributed by atoms with Crippen LogP contribution in [0.2, 0.25) is 5.02 Å². The van der Waals surface area contributed by atoms with Gasteiger partial charge in [-0.05, 0) is 41.1 Å². The molecule has 0 bridgehead atoms. The van der Waals surface area contributed by atoms with Crippen LogP contribution in [0.3, 0.4) is 0 Å². The van der Waals surface area contributed by atoms with Gasteiger partial charge >= 0.3 is 0 Å². The first kappa shape index (κ1) is 18.5. The lowest BCUT2D eigenvalue weighted by Crippen LogP contribution is -2.35. The van der Waals surface area contributed by atoms with Gasteiger partial charge in [0, 0.05) is 22.5 Å². The van der Waals surface area contributed by atoms with E-state index in [1.54, 1.807) is 32.2 Å². The van der Waals surface area contributed by atoms with Crippen molar-refractivity contribution in [1.82, 2.24) is 4.90 Å². The third-order valence-electron chi connectivity index (χ3n) is 3.99. The molecule has 3 aromatic rings. The van der Waals surface area contributed by atoms with Gasteiger partial charge in [0.05, 0.1) is 17.3 Å². The molecule has 7 heteroatoms. The minimum atomic E-state index is -0.378. The van der Waals surface area contributed by atoms with Gasteiger partial charge in [0.15, 0.2) is 11.3 Å². The highest BCUT2D eigenvalue weighted by Gasteiger charge is 2.23. The number of rotatable bonds is 4. The maximum atomic E-state index is 12.7. The number of para-hydroxylation sites is 2. The molecule has 3 rings (SSSR count). The molecule has 0 atom stereocenters. The number of carbonyl (C=O) groups excluding carboxylic acids is 2. The van der Waals surface area contributed by atoms with Crippen molar-refractivity contribution in [3.05, 3.63) is 63.3 Å². The van der Waals surface area contributed by atoms with Crippen LogP contribution < -0.4 is 5.32 Å². The number of fused-ring (bicyclic) bond motifs is 1. The second-order valence-corrected chi connectivity index (χ2v) is 7.12. The van der Waals surface area contributed by atoms with Crippen LogP contribution in [0.1, 0.15) is 16.1 Å². The van der Waals surface area contributed by atoms with Crippen molar-refractivity contribution >= 4 is 56.0 Å². The topological polar surface area (TPSA) is 62.6 Å². The van der Waals surface area contributed by atoms with Gasteiger partial charge < -0.3 is 14.6 Å². The summed E-state index contributed by atoms with van der Waals surface area (Å²) in [6.45, 7) is 1.69.